The largest absolute Gasteiger partial charge is 0.498 e. The van der Waals surface area contributed by atoms with Crippen LogP contribution in [0.5, 0.6) is 0 Å². The van der Waals surface area contributed by atoms with Gasteiger partial charge in [-0.1, -0.05) is 13.5 Å². The minimum Gasteiger partial charge on any atom is -0.498 e. The van der Waals surface area contributed by atoms with Crippen LogP contribution < -0.4 is 0 Å². The van der Waals surface area contributed by atoms with E-state index >= 15 is 0 Å². The first-order valence-corrected chi connectivity index (χ1v) is 4.86. The lowest BCUT2D eigenvalue weighted by molar-refractivity contribution is 0.151. The second-order valence-corrected chi connectivity index (χ2v) is 3.97. The summed E-state index contributed by atoms with van der Waals surface area (Å²) in [5.74, 6) is 1.04. The first-order valence-electron chi connectivity index (χ1n) is 4.86. The molecule has 0 aromatic carbocycles. The Bertz CT molecular complexity index is 299. The van der Waals surface area contributed by atoms with Gasteiger partial charge in [0.05, 0.1) is 12.4 Å². The average Bonchev–Trinajstić information content (AvgIpc) is 2.11. The van der Waals surface area contributed by atoms with E-state index in [0.29, 0.717) is 11.5 Å². The molecule has 0 spiro atoms. The average molecular weight is 196 g/mol. The molecule has 0 aliphatic carbocycles. The molecule has 78 valence electrons. The van der Waals surface area contributed by atoms with Gasteiger partial charge in [-0.05, 0) is 43.4 Å². The molecule has 0 amide bonds. The van der Waals surface area contributed by atoms with Gasteiger partial charge in [0.1, 0.15) is 5.83 Å². The predicted molar refractivity (Wildman–Crippen MR) is 56.4 cm³/mol. The summed E-state index contributed by atoms with van der Waals surface area (Å²) in [4.78, 5) is 0. The zero-order chi connectivity index (χ0) is 10.7. The van der Waals surface area contributed by atoms with Gasteiger partial charge >= 0.3 is 0 Å². The molecule has 1 atom stereocenters. The van der Waals surface area contributed by atoms with Crippen molar-refractivity contribution in [3.63, 3.8) is 0 Å². The highest BCUT2D eigenvalue weighted by molar-refractivity contribution is 5.32. The highest BCUT2D eigenvalue weighted by Crippen LogP contribution is 2.26. The Kier molecular flexibility index (Phi) is 3.50. The van der Waals surface area contributed by atoms with E-state index in [1.54, 1.807) is 6.92 Å². The van der Waals surface area contributed by atoms with Crippen molar-refractivity contribution in [2.45, 2.75) is 27.2 Å². The molecule has 1 aliphatic rings. The molecule has 0 aromatic heterocycles. The summed E-state index contributed by atoms with van der Waals surface area (Å²) in [6, 6.07) is 0. The van der Waals surface area contributed by atoms with Crippen LogP contribution in [-0.2, 0) is 4.74 Å². The van der Waals surface area contributed by atoms with Crippen molar-refractivity contribution >= 4 is 0 Å². The maximum atomic E-state index is 13.3. The summed E-state index contributed by atoms with van der Waals surface area (Å²) >= 11 is 0. The van der Waals surface area contributed by atoms with Gasteiger partial charge in [0.15, 0.2) is 0 Å². The minimum atomic E-state index is -0.253. The monoisotopic (exact) mass is 196 g/mol. The highest BCUT2D eigenvalue weighted by Gasteiger charge is 2.15. The normalized spacial score (nSPS) is 23.4. The third-order valence-electron chi connectivity index (χ3n) is 2.31. The van der Waals surface area contributed by atoms with Crippen LogP contribution in [0.2, 0.25) is 0 Å². The Morgan fingerprint density at radius 3 is 2.86 bits per heavy atom. The predicted octanol–water partition coefficient (Wildman–Crippen LogP) is 3.75. The van der Waals surface area contributed by atoms with Crippen LogP contribution in [0.1, 0.15) is 27.2 Å². The van der Waals surface area contributed by atoms with Gasteiger partial charge < -0.3 is 4.74 Å². The van der Waals surface area contributed by atoms with Crippen LogP contribution >= 0.6 is 0 Å². The highest BCUT2D eigenvalue weighted by atomic mass is 19.1. The summed E-state index contributed by atoms with van der Waals surface area (Å²) in [7, 11) is 0. The quantitative estimate of drug-likeness (QED) is 0.611. The first kappa shape index (κ1) is 11.0. The van der Waals surface area contributed by atoms with Crippen LogP contribution in [0.15, 0.2) is 35.4 Å². The fourth-order valence-electron chi connectivity index (χ4n) is 1.37. The molecule has 2 heteroatoms. The van der Waals surface area contributed by atoms with Crippen LogP contribution in [0.25, 0.3) is 0 Å². The molecule has 0 bridgehead atoms. The van der Waals surface area contributed by atoms with E-state index in [4.69, 9.17) is 4.74 Å². The van der Waals surface area contributed by atoms with Crippen LogP contribution in [-0.4, -0.2) is 6.61 Å². The Balaban J connectivity index is 2.86. The first-order chi connectivity index (χ1) is 6.50. The number of allylic oxidation sites excluding steroid dienone is 5. The molecule has 1 heterocycles. The molecular weight excluding hydrogens is 179 g/mol. The van der Waals surface area contributed by atoms with Crippen LogP contribution in [0.3, 0.4) is 0 Å². The molecule has 14 heavy (non-hydrogen) atoms. The SMILES string of the molecule is C=C(C)/C(F)=C\C1=C(C)OCC(C)C1. The van der Waals surface area contributed by atoms with Crippen molar-refractivity contribution in [2.24, 2.45) is 5.92 Å². The lowest BCUT2D eigenvalue weighted by Crippen LogP contribution is -2.13. The van der Waals surface area contributed by atoms with E-state index in [0.717, 1.165) is 24.4 Å². The fraction of sp³-hybridized carbons (Fsp3) is 0.500. The molecular formula is C12H17FO. The smallest absolute Gasteiger partial charge is 0.125 e. The zero-order valence-electron chi connectivity index (χ0n) is 9.06. The van der Waals surface area contributed by atoms with Crippen LogP contribution in [0, 0.1) is 5.92 Å². The third-order valence-corrected chi connectivity index (χ3v) is 2.31. The van der Waals surface area contributed by atoms with E-state index < -0.39 is 0 Å². The maximum Gasteiger partial charge on any atom is 0.125 e. The molecule has 0 radical (unpaired) electrons. The second-order valence-electron chi connectivity index (χ2n) is 3.97. The zero-order valence-corrected chi connectivity index (χ0v) is 9.06. The van der Waals surface area contributed by atoms with Gasteiger partial charge in [0.25, 0.3) is 0 Å². The lowest BCUT2D eigenvalue weighted by Gasteiger charge is -2.22. The number of hydrogen-bond acceptors (Lipinski definition) is 1. The van der Waals surface area contributed by atoms with Gasteiger partial charge in [-0.25, -0.2) is 4.39 Å². The summed E-state index contributed by atoms with van der Waals surface area (Å²) in [5.41, 5.74) is 1.41. The lowest BCUT2D eigenvalue weighted by atomic mass is 9.97. The molecule has 0 saturated carbocycles. The Morgan fingerprint density at radius 1 is 1.64 bits per heavy atom. The molecule has 0 fully saturated rings. The standard InChI is InChI=1S/C12H17FO/c1-8(2)12(13)6-11-5-9(3)7-14-10(11)4/h6,9H,1,5,7H2,2-4H3/b12-6+. The van der Waals surface area contributed by atoms with E-state index in [-0.39, 0.29) is 5.83 Å². The van der Waals surface area contributed by atoms with Gasteiger partial charge in [-0.2, -0.15) is 0 Å². The number of halogens is 1. The van der Waals surface area contributed by atoms with Crippen molar-refractivity contribution in [3.8, 4) is 0 Å². The Hall–Kier alpha value is -1.05. The molecule has 0 saturated heterocycles. The number of ether oxygens (including phenoxy) is 1. The van der Waals surface area contributed by atoms with Crippen molar-refractivity contribution in [1.29, 1.82) is 0 Å². The second kappa shape index (κ2) is 4.45. The summed E-state index contributed by atoms with van der Waals surface area (Å²) in [5, 5.41) is 0. The maximum absolute atomic E-state index is 13.3. The van der Waals surface area contributed by atoms with Gasteiger partial charge in [0, 0.05) is 0 Å². The molecule has 1 rings (SSSR count). The summed E-state index contributed by atoms with van der Waals surface area (Å²) in [6.45, 7) is 9.93. The molecule has 0 N–H and O–H groups in total. The Morgan fingerprint density at radius 2 is 2.29 bits per heavy atom. The fourth-order valence-corrected chi connectivity index (χ4v) is 1.37. The van der Waals surface area contributed by atoms with Gasteiger partial charge in [-0.15, -0.1) is 0 Å². The van der Waals surface area contributed by atoms with E-state index in [1.165, 1.54) is 6.08 Å². The molecule has 1 aliphatic heterocycles. The van der Waals surface area contributed by atoms with Crippen molar-refractivity contribution in [2.75, 3.05) is 6.61 Å². The minimum absolute atomic E-state index is 0.253. The number of hydrogen-bond donors (Lipinski definition) is 0. The van der Waals surface area contributed by atoms with E-state index in [1.807, 2.05) is 6.92 Å². The third kappa shape index (κ3) is 2.72. The topological polar surface area (TPSA) is 9.23 Å². The van der Waals surface area contributed by atoms with Crippen LogP contribution in [0.4, 0.5) is 4.39 Å². The van der Waals surface area contributed by atoms with Gasteiger partial charge in [0.2, 0.25) is 0 Å². The Labute approximate surface area is 85.0 Å². The van der Waals surface area contributed by atoms with Crippen molar-refractivity contribution in [3.05, 3.63) is 35.4 Å². The van der Waals surface area contributed by atoms with E-state index in [2.05, 4.69) is 13.5 Å². The van der Waals surface area contributed by atoms with Crippen molar-refractivity contribution < 1.29 is 9.13 Å². The molecule has 1 unspecified atom stereocenters. The summed E-state index contributed by atoms with van der Waals surface area (Å²) in [6.07, 6.45) is 2.42. The number of rotatable bonds is 2. The van der Waals surface area contributed by atoms with Crippen molar-refractivity contribution in [1.82, 2.24) is 0 Å². The molecule has 0 aromatic rings. The van der Waals surface area contributed by atoms with Gasteiger partial charge in [-0.3, -0.25) is 0 Å². The van der Waals surface area contributed by atoms with E-state index in [9.17, 15) is 4.39 Å². The summed E-state index contributed by atoms with van der Waals surface area (Å²) < 4.78 is 18.7. The molecule has 1 nitrogen and oxygen atoms in total.